The summed E-state index contributed by atoms with van der Waals surface area (Å²) in [4.78, 5) is 20.8. The normalized spacial score (nSPS) is 10.3. The molecule has 9 heteroatoms. The zero-order chi connectivity index (χ0) is 16.1. The summed E-state index contributed by atoms with van der Waals surface area (Å²) in [5, 5.41) is 0.661. The van der Waals surface area contributed by atoms with Crippen LogP contribution in [0, 0.1) is 0 Å². The minimum absolute atomic E-state index is 0.00855. The van der Waals surface area contributed by atoms with E-state index in [9.17, 15) is 4.79 Å². The van der Waals surface area contributed by atoms with Crippen molar-refractivity contribution in [3.63, 3.8) is 0 Å². The molecule has 0 unspecified atom stereocenters. The monoisotopic (exact) mass is 357 g/mol. The number of thioether (sulfide) groups is 1. The molecule has 1 aromatic heterocycles. The second-order valence-corrected chi connectivity index (χ2v) is 6.22. The molecule has 0 aliphatic heterocycles. The van der Waals surface area contributed by atoms with Crippen LogP contribution in [-0.4, -0.2) is 21.6 Å². The Morgan fingerprint density at radius 1 is 1.32 bits per heavy atom. The second kappa shape index (κ2) is 7.53. The molecule has 2 rings (SSSR count). The highest BCUT2D eigenvalue weighted by atomic mass is 35.5. The lowest BCUT2D eigenvalue weighted by Crippen LogP contribution is -2.30. The lowest BCUT2D eigenvalue weighted by molar-refractivity contribution is 0.0959. The van der Waals surface area contributed by atoms with Crippen molar-refractivity contribution in [2.24, 2.45) is 0 Å². The molecule has 0 aliphatic rings. The van der Waals surface area contributed by atoms with E-state index in [1.165, 1.54) is 6.07 Å². The van der Waals surface area contributed by atoms with E-state index in [2.05, 4.69) is 20.8 Å². The molecule has 0 radical (unpaired) electrons. The van der Waals surface area contributed by atoms with Crippen molar-refractivity contribution in [2.45, 2.75) is 11.8 Å². The third-order valence-electron chi connectivity index (χ3n) is 2.50. The molecule has 0 saturated heterocycles. The molecule has 1 amide bonds. The van der Waals surface area contributed by atoms with E-state index in [4.69, 9.17) is 28.9 Å². The number of carbonyl (C=O) groups excluding carboxylic acids is 1. The van der Waals surface area contributed by atoms with Crippen LogP contribution in [-0.2, 0) is 0 Å². The maximum Gasteiger partial charge on any atom is 0.270 e. The van der Waals surface area contributed by atoms with Crippen LogP contribution < -0.4 is 16.6 Å². The minimum Gasteiger partial charge on any atom is -0.368 e. The largest absolute Gasteiger partial charge is 0.368 e. The van der Waals surface area contributed by atoms with Gasteiger partial charge in [0.15, 0.2) is 5.82 Å². The summed E-state index contributed by atoms with van der Waals surface area (Å²) in [6.45, 7) is 2.00. The van der Waals surface area contributed by atoms with E-state index >= 15 is 0 Å². The summed E-state index contributed by atoms with van der Waals surface area (Å²) in [5.41, 5.74) is 11.1. The number of nitrogens with zero attached hydrogens (tertiary/aromatic N) is 2. The molecule has 0 bridgehead atoms. The molecule has 0 spiro atoms. The summed E-state index contributed by atoms with van der Waals surface area (Å²) in [5.74, 6) is 0.798. The van der Waals surface area contributed by atoms with Crippen LogP contribution in [0.5, 0.6) is 0 Å². The van der Waals surface area contributed by atoms with Crippen LogP contribution in [0.2, 0.25) is 10.2 Å². The number of hydrazine groups is 1. The first-order valence-electron chi connectivity index (χ1n) is 6.28. The minimum atomic E-state index is -0.341. The molecule has 0 atom stereocenters. The quantitative estimate of drug-likeness (QED) is 0.432. The van der Waals surface area contributed by atoms with Crippen molar-refractivity contribution in [3.05, 3.63) is 40.0 Å². The van der Waals surface area contributed by atoms with Crippen LogP contribution in [0.15, 0.2) is 29.2 Å². The molecule has 0 fully saturated rings. The van der Waals surface area contributed by atoms with Crippen LogP contribution in [0.1, 0.15) is 17.3 Å². The third kappa shape index (κ3) is 4.40. The maximum absolute atomic E-state index is 12.3. The Morgan fingerprint density at radius 3 is 2.77 bits per heavy atom. The first-order chi connectivity index (χ1) is 10.5. The fourth-order valence-electron chi connectivity index (χ4n) is 1.65. The van der Waals surface area contributed by atoms with Gasteiger partial charge >= 0.3 is 0 Å². The molecule has 1 aromatic carbocycles. The Morgan fingerprint density at radius 2 is 2.09 bits per heavy atom. The number of nitrogens with one attached hydrogen (secondary N) is 2. The zero-order valence-corrected chi connectivity index (χ0v) is 13.9. The topological polar surface area (TPSA) is 92.9 Å². The number of nitrogens with two attached hydrogens (primary N) is 1. The van der Waals surface area contributed by atoms with Crippen LogP contribution in [0.3, 0.4) is 0 Å². The molecule has 0 saturated carbocycles. The van der Waals surface area contributed by atoms with E-state index in [0.29, 0.717) is 10.6 Å². The van der Waals surface area contributed by atoms with Gasteiger partial charge in [0.05, 0.1) is 5.56 Å². The Balaban J connectivity index is 2.13. The molecule has 6 nitrogen and oxygen atoms in total. The molecule has 0 aliphatic carbocycles. The highest BCUT2D eigenvalue weighted by Gasteiger charge is 2.12. The van der Waals surface area contributed by atoms with Gasteiger partial charge in [0.1, 0.15) is 5.15 Å². The molecular formula is C13H13Cl2N5OS. The lowest BCUT2D eigenvalue weighted by atomic mass is 10.2. The van der Waals surface area contributed by atoms with Crippen LogP contribution in [0.25, 0.3) is 0 Å². The van der Waals surface area contributed by atoms with Crippen molar-refractivity contribution >= 4 is 52.6 Å². The third-order valence-corrected chi connectivity index (χ3v) is 3.89. The first-order valence-corrected chi connectivity index (χ1v) is 8.02. The van der Waals surface area contributed by atoms with Gasteiger partial charge < -0.3 is 5.73 Å². The molecule has 116 valence electrons. The average molecular weight is 358 g/mol. The lowest BCUT2D eigenvalue weighted by Gasteiger charge is -2.11. The summed E-state index contributed by atoms with van der Waals surface area (Å²) >= 11 is 13.3. The number of amides is 1. The predicted octanol–water partition coefficient (Wildman–Crippen LogP) is 3.23. The molecule has 2 aromatic rings. The van der Waals surface area contributed by atoms with Gasteiger partial charge in [-0.1, -0.05) is 30.1 Å². The standard InChI is InChI=1S/C13H13Cl2N5OS/c1-2-22-9-4-3-7(14)5-8(9)12(21)20-19-11-6-10(15)17-13(16)18-11/h3-6H,2H2,1H3,(H,20,21)(H3,16,17,18,19). The number of rotatable bonds is 5. The average Bonchev–Trinajstić information content (AvgIpc) is 2.46. The first kappa shape index (κ1) is 16.7. The smallest absolute Gasteiger partial charge is 0.270 e. The summed E-state index contributed by atoms with van der Waals surface area (Å²) in [7, 11) is 0. The van der Waals surface area contributed by atoms with Gasteiger partial charge in [0.2, 0.25) is 5.95 Å². The molecular weight excluding hydrogens is 345 g/mol. The molecule has 1 heterocycles. The fraction of sp³-hybridized carbons (Fsp3) is 0.154. The summed E-state index contributed by atoms with van der Waals surface area (Å²) < 4.78 is 0. The van der Waals surface area contributed by atoms with Gasteiger partial charge in [-0.15, -0.1) is 11.8 Å². The summed E-state index contributed by atoms with van der Waals surface area (Å²) in [6, 6.07) is 6.61. The molecule has 4 N–H and O–H groups in total. The number of hydrogen-bond donors (Lipinski definition) is 3. The van der Waals surface area contributed by atoms with Gasteiger partial charge in [0.25, 0.3) is 5.91 Å². The van der Waals surface area contributed by atoms with Gasteiger partial charge in [0, 0.05) is 16.0 Å². The number of anilines is 2. The van der Waals surface area contributed by atoms with Crippen molar-refractivity contribution in [1.29, 1.82) is 0 Å². The summed E-state index contributed by atoms with van der Waals surface area (Å²) in [6.07, 6.45) is 0. The maximum atomic E-state index is 12.3. The SMILES string of the molecule is CCSc1ccc(Cl)cc1C(=O)NNc1cc(Cl)nc(N)n1. The van der Waals surface area contributed by atoms with Crippen LogP contribution >= 0.6 is 35.0 Å². The number of nitrogen functional groups attached to an aromatic ring is 1. The molecule has 22 heavy (non-hydrogen) atoms. The van der Waals surface area contributed by atoms with Gasteiger partial charge in [-0.3, -0.25) is 15.6 Å². The number of carbonyl (C=O) groups is 1. The van der Waals surface area contributed by atoms with E-state index in [1.807, 2.05) is 13.0 Å². The fourth-order valence-corrected chi connectivity index (χ4v) is 2.79. The van der Waals surface area contributed by atoms with Crippen molar-refractivity contribution in [3.8, 4) is 0 Å². The van der Waals surface area contributed by atoms with Gasteiger partial charge in [-0.05, 0) is 24.0 Å². The number of hydrogen-bond acceptors (Lipinski definition) is 6. The van der Waals surface area contributed by atoms with E-state index in [1.54, 1.807) is 23.9 Å². The Kier molecular flexibility index (Phi) is 5.70. The number of benzene rings is 1. The Hall–Kier alpha value is -1.70. The Bertz CT molecular complexity index is 678. The highest BCUT2D eigenvalue weighted by molar-refractivity contribution is 7.99. The van der Waals surface area contributed by atoms with E-state index in [0.717, 1.165) is 10.6 Å². The zero-order valence-electron chi connectivity index (χ0n) is 11.6. The van der Waals surface area contributed by atoms with Crippen molar-refractivity contribution in [2.75, 3.05) is 16.9 Å². The second-order valence-electron chi connectivity index (χ2n) is 4.09. The van der Waals surface area contributed by atoms with Crippen LogP contribution in [0.4, 0.5) is 11.8 Å². The highest BCUT2D eigenvalue weighted by Crippen LogP contribution is 2.25. The van der Waals surface area contributed by atoms with Gasteiger partial charge in [-0.2, -0.15) is 4.98 Å². The Labute approximate surface area is 141 Å². The van der Waals surface area contributed by atoms with Crippen molar-refractivity contribution in [1.82, 2.24) is 15.4 Å². The number of halogens is 2. The van der Waals surface area contributed by atoms with Crippen molar-refractivity contribution < 1.29 is 4.79 Å². The predicted molar refractivity (Wildman–Crippen MR) is 90.4 cm³/mol. The number of aromatic nitrogens is 2. The van der Waals surface area contributed by atoms with Gasteiger partial charge in [-0.25, -0.2) is 4.98 Å². The van der Waals surface area contributed by atoms with E-state index < -0.39 is 0 Å². The van der Waals surface area contributed by atoms with E-state index in [-0.39, 0.29) is 22.8 Å².